The second-order valence-electron chi connectivity index (χ2n) is 10.2. The molecular formula is C30H38N4O5. The van der Waals surface area contributed by atoms with E-state index in [1.165, 1.54) is 30.7 Å². The van der Waals surface area contributed by atoms with Crippen molar-refractivity contribution in [2.24, 2.45) is 5.92 Å². The first-order chi connectivity index (χ1) is 19.0. The first kappa shape index (κ1) is 28.3. The van der Waals surface area contributed by atoms with Crippen LogP contribution < -0.4 is 4.74 Å². The SMILES string of the molecule is COc1ccccc1C=CCN(CCN1CCN(C(=O)c2ccc([N+](=O)[O-])cc2)CC1)C(=O)C1CCCCC1. The van der Waals surface area contributed by atoms with Crippen LogP contribution in [0.15, 0.2) is 54.6 Å². The molecule has 1 aliphatic carbocycles. The molecule has 4 rings (SSSR count). The van der Waals surface area contributed by atoms with Crippen molar-refractivity contribution in [3.8, 4) is 5.75 Å². The van der Waals surface area contributed by atoms with Gasteiger partial charge >= 0.3 is 0 Å². The number of nitro benzene ring substituents is 1. The van der Waals surface area contributed by atoms with E-state index in [0.29, 0.717) is 31.7 Å². The molecule has 1 saturated heterocycles. The van der Waals surface area contributed by atoms with Crippen molar-refractivity contribution in [3.05, 3.63) is 75.8 Å². The maximum Gasteiger partial charge on any atom is 0.269 e. The van der Waals surface area contributed by atoms with Crippen LogP contribution in [-0.2, 0) is 4.79 Å². The van der Waals surface area contributed by atoms with Gasteiger partial charge in [0, 0.05) is 75.0 Å². The summed E-state index contributed by atoms with van der Waals surface area (Å²) in [4.78, 5) is 42.8. The zero-order chi connectivity index (χ0) is 27.6. The van der Waals surface area contributed by atoms with E-state index in [-0.39, 0.29) is 23.4 Å². The molecular weight excluding hydrogens is 496 g/mol. The molecule has 0 atom stereocenters. The summed E-state index contributed by atoms with van der Waals surface area (Å²) in [7, 11) is 1.66. The van der Waals surface area contributed by atoms with Gasteiger partial charge in [0.15, 0.2) is 0 Å². The number of amides is 2. The number of para-hydroxylation sites is 1. The van der Waals surface area contributed by atoms with Crippen LogP contribution in [0.1, 0.15) is 48.0 Å². The van der Waals surface area contributed by atoms with Crippen LogP contribution in [0.5, 0.6) is 5.75 Å². The second kappa shape index (κ2) is 13.9. The molecule has 208 valence electrons. The van der Waals surface area contributed by atoms with E-state index in [0.717, 1.165) is 56.6 Å². The summed E-state index contributed by atoms with van der Waals surface area (Å²) in [6.07, 6.45) is 9.43. The number of hydrogen-bond donors (Lipinski definition) is 0. The van der Waals surface area contributed by atoms with Crippen molar-refractivity contribution in [1.82, 2.24) is 14.7 Å². The number of nitro groups is 1. The van der Waals surface area contributed by atoms with Crippen LogP contribution in [0.25, 0.3) is 6.08 Å². The Labute approximate surface area is 230 Å². The van der Waals surface area contributed by atoms with Crippen LogP contribution in [-0.4, -0.2) is 84.4 Å². The van der Waals surface area contributed by atoms with E-state index in [2.05, 4.69) is 4.90 Å². The lowest BCUT2D eigenvalue weighted by molar-refractivity contribution is -0.384. The molecule has 39 heavy (non-hydrogen) atoms. The summed E-state index contributed by atoms with van der Waals surface area (Å²) >= 11 is 0. The van der Waals surface area contributed by atoms with Crippen LogP contribution in [0.2, 0.25) is 0 Å². The maximum absolute atomic E-state index is 13.5. The lowest BCUT2D eigenvalue weighted by Gasteiger charge is -2.36. The monoisotopic (exact) mass is 534 g/mol. The summed E-state index contributed by atoms with van der Waals surface area (Å²) < 4.78 is 5.45. The Morgan fingerprint density at radius 2 is 1.72 bits per heavy atom. The summed E-state index contributed by atoms with van der Waals surface area (Å²) in [5.74, 6) is 1.04. The highest BCUT2D eigenvalue weighted by Gasteiger charge is 2.27. The number of hydrogen-bond acceptors (Lipinski definition) is 6. The largest absolute Gasteiger partial charge is 0.496 e. The minimum atomic E-state index is -0.469. The Morgan fingerprint density at radius 3 is 2.38 bits per heavy atom. The van der Waals surface area contributed by atoms with Crippen molar-refractivity contribution in [1.29, 1.82) is 0 Å². The van der Waals surface area contributed by atoms with Crippen molar-refractivity contribution in [2.45, 2.75) is 32.1 Å². The standard InChI is InChI=1S/C30H38N4O5/c1-39-28-12-6-5-8-24(28)11-7-17-32(29(35)25-9-3-2-4-10-25)21-18-31-19-22-33(23-20-31)30(36)26-13-15-27(16-14-26)34(37)38/h5-8,11-16,25H,2-4,9-10,17-23H2,1H3. The molecule has 1 saturated carbocycles. The molecule has 9 heteroatoms. The third kappa shape index (κ3) is 7.66. The summed E-state index contributed by atoms with van der Waals surface area (Å²) in [6, 6.07) is 13.6. The fraction of sp³-hybridized carbons (Fsp3) is 0.467. The van der Waals surface area contributed by atoms with Gasteiger partial charge in [-0.05, 0) is 31.0 Å². The highest BCUT2D eigenvalue weighted by molar-refractivity contribution is 5.94. The molecule has 2 aromatic carbocycles. The zero-order valence-corrected chi connectivity index (χ0v) is 22.7. The number of nitrogens with zero attached hydrogens (tertiary/aromatic N) is 4. The molecule has 2 aliphatic rings. The van der Waals surface area contributed by atoms with Gasteiger partial charge in [-0.2, -0.15) is 0 Å². The van der Waals surface area contributed by atoms with Crippen molar-refractivity contribution < 1.29 is 19.2 Å². The zero-order valence-electron chi connectivity index (χ0n) is 22.7. The van der Waals surface area contributed by atoms with Gasteiger partial charge in [0.05, 0.1) is 12.0 Å². The Hall–Kier alpha value is -3.72. The highest BCUT2D eigenvalue weighted by atomic mass is 16.6. The topological polar surface area (TPSA) is 96.2 Å². The molecule has 0 spiro atoms. The van der Waals surface area contributed by atoms with Gasteiger partial charge in [-0.25, -0.2) is 0 Å². The van der Waals surface area contributed by atoms with Gasteiger partial charge < -0.3 is 14.5 Å². The number of carbonyl (C=O) groups is 2. The molecule has 1 aliphatic heterocycles. The van der Waals surface area contributed by atoms with Crippen LogP contribution >= 0.6 is 0 Å². The normalized spacial score (nSPS) is 16.8. The molecule has 0 unspecified atom stereocenters. The number of rotatable bonds is 10. The van der Waals surface area contributed by atoms with Gasteiger partial charge in [-0.3, -0.25) is 24.6 Å². The number of non-ortho nitro benzene ring substituents is 1. The van der Waals surface area contributed by atoms with E-state index in [4.69, 9.17) is 4.74 Å². The lowest BCUT2D eigenvalue weighted by atomic mass is 9.88. The molecule has 1 heterocycles. The van der Waals surface area contributed by atoms with Crippen molar-refractivity contribution >= 4 is 23.6 Å². The Kier molecular flexibility index (Phi) is 10.1. The first-order valence-electron chi connectivity index (χ1n) is 13.8. The fourth-order valence-corrected chi connectivity index (χ4v) is 5.36. The predicted octanol–water partition coefficient (Wildman–Crippen LogP) is 4.48. The molecule has 2 aromatic rings. The van der Waals surface area contributed by atoms with E-state index in [9.17, 15) is 19.7 Å². The predicted molar refractivity (Wildman–Crippen MR) is 151 cm³/mol. The number of piperazine rings is 1. The van der Waals surface area contributed by atoms with Crippen LogP contribution in [0.3, 0.4) is 0 Å². The fourth-order valence-electron chi connectivity index (χ4n) is 5.36. The van der Waals surface area contributed by atoms with Crippen LogP contribution in [0, 0.1) is 16.0 Å². The smallest absolute Gasteiger partial charge is 0.269 e. The Bertz CT molecular complexity index is 1150. The number of methoxy groups -OCH3 is 1. The van der Waals surface area contributed by atoms with E-state index in [1.54, 1.807) is 12.0 Å². The summed E-state index contributed by atoms with van der Waals surface area (Å²) in [6.45, 7) is 4.55. The van der Waals surface area contributed by atoms with Crippen molar-refractivity contribution in [2.75, 3.05) is 52.9 Å². The quantitative estimate of drug-likeness (QED) is 0.329. The van der Waals surface area contributed by atoms with Gasteiger partial charge in [-0.1, -0.05) is 49.6 Å². The molecule has 0 bridgehead atoms. The molecule has 0 aromatic heterocycles. The highest BCUT2D eigenvalue weighted by Crippen LogP contribution is 2.26. The minimum absolute atomic E-state index is 0.0264. The van der Waals surface area contributed by atoms with E-state index < -0.39 is 4.92 Å². The Balaban J connectivity index is 1.32. The van der Waals surface area contributed by atoms with E-state index in [1.807, 2.05) is 41.3 Å². The lowest BCUT2D eigenvalue weighted by Crippen LogP contribution is -2.51. The van der Waals surface area contributed by atoms with Gasteiger partial charge in [0.25, 0.3) is 11.6 Å². The second-order valence-corrected chi connectivity index (χ2v) is 10.2. The molecule has 9 nitrogen and oxygen atoms in total. The van der Waals surface area contributed by atoms with Gasteiger partial charge in [0.2, 0.25) is 5.91 Å². The molecule has 2 fully saturated rings. The van der Waals surface area contributed by atoms with Crippen LogP contribution in [0.4, 0.5) is 5.69 Å². The average Bonchev–Trinajstić information content (AvgIpc) is 2.99. The third-order valence-corrected chi connectivity index (χ3v) is 7.70. The van der Waals surface area contributed by atoms with E-state index >= 15 is 0 Å². The minimum Gasteiger partial charge on any atom is -0.496 e. The molecule has 0 radical (unpaired) electrons. The average molecular weight is 535 g/mol. The summed E-state index contributed by atoms with van der Waals surface area (Å²) in [5, 5.41) is 10.9. The third-order valence-electron chi connectivity index (χ3n) is 7.70. The maximum atomic E-state index is 13.5. The summed E-state index contributed by atoms with van der Waals surface area (Å²) in [5.41, 5.74) is 1.42. The number of benzene rings is 2. The molecule has 2 amide bonds. The number of carbonyl (C=O) groups excluding carboxylic acids is 2. The number of ether oxygens (including phenoxy) is 1. The van der Waals surface area contributed by atoms with Crippen molar-refractivity contribution in [3.63, 3.8) is 0 Å². The first-order valence-corrected chi connectivity index (χ1v) is 13.8. The Morgan fingerprint density at radius 1 is 1.03 bits per heavy atom. The van der Waals surface area contributed by atoms with Gasteiger partial charge in [0.1, 0.15) is 5.75 Å². The molecule has 0 N–H and O–H groups in total. The van der Waals surface area contributed by atoms with Gasteiger partial charge in [-0.15, -0.1) is 0 Å².